The molecule has 2 N–H and O–H groups in total. The maximum absolute atomic E-state index is 12.9. The van der Waals surface area contributed by atoms with Crippen LogP contribution in [0.15, 0.2) is 18.2 Å². The monoisotopic (exact) mass is 408 g/mol. The van der Waals surface area contributed by atoms with Gasteiger partial charge in [-0.3, -0.25) is 9.59 Å². The van der Waals surface area contributed by atoms with Crippen molar-refractivity contribution in [1.29, 1.82) is 0 Å². The van der Waals surface area contributed by atoms with E-state index in [-0.39, 0.29) is 48.5 Å². The Labute approximate surface area is 167 Å². The number of hydrogen-bond donors (Lipinski definition) is 2. The van der Waals surface area contributed by atoms with Gasteiger partial charge in [0, 0.05) is 17.8 Å². The van der Waals surface area contributed by atoms with E-state index >= 15 is 0 Å². The molecule has 2 amide bonds. The third kappa shape index (κ3) is 5.11. The van der Waals surface area contributed by atoms with Crippen LogP contribution < -0.4 is 10.2 Å². The van der Waals surface area contributed by atoms with E-state index < -0.39 is 9.84 Å². The number of anilines is 1. The van der Waals surface area contributed by atoms with Crippen LogP contribution in [0.1, 0.15) is 30.4 Å². The summed E-state index contributed by atoms with van der Waals surface area (Å²) in [5.41, 5.74) is 2.83. The second-order valence-electron chi connectivity index (χ2n) is 8.21. The standard InChI is InChI=1S/C20H29N3O4S/c1-14-5-4-6-15(2)20(14)21-18(24)11-22(3)12-19(25)23(16-7-8-16)17-9-10-28(26,27)13-17/h4-6,16-17H,7-13H2,1-3H3,(H,21,24)/p+1/t17-/m1/s1. The van der Waals surface area contributed by atoms with Crippen LogP contribution in [-0.2, 0) is 19.4 Å². The van der Waals surface area contributed by atoms with Gasteiger partial charge >= 0.3 is 0 Å². The van der Waals surface area contributed by atoms with Gasteiger partial charge in [0.05, 0.1) is 18.6 Å². The molecule has 1 aromatic carbocycles. The lowest BCUT2D eigenvalue weighted by Gasteiger charge is -2.29. The van der Waals surface area contributed by atoms with Crippen molar-refractivity contribution >= 4 is 27.3 Å². The SMILES string of the molecule is Cc1cccc(C)c1NC(=O)C[NH+](C)CC(=O)N(C1CC1)[C@@H]1CCS(=O)(=O)C1. The van der Waals surface area contributed by atoms with E-state index in [1.54, 1.807) is 4.90 Å². The first-order chi connectivity index (χ1) is 13.2. The number of likely N-dealkylation sites (N-methyl/N-ethyl adjacent to an activating group) is 1. The van der Waals surface area contributed by atoms with Crippen molar-refractivity contribution in [3.63, 3.8) is 0 Å². The second-order valence-corrected chi connectivity index (χ2v) is 10.4. The summed E-state index contributed by atoms with van der Waals surface area (Å²) in [5, 5.41) is 2.95. The first-order valence-corrected chi connectivity index (χ1v) is 11.7. The minimum absolute atomic E-state index is 0.0537. The van der Waals surface area contributed by atoms with Crippen LogP contribution in [0, 0.1) is 13.8 Å². The number of nitrogens with zero attached hydrogens (tertiary/aromatic N) is 1. The second kappa shape index (κ2) is 8.21. The predicted octanol–water partition coefficient (Wildman–Crippen LogP) is -0.0653. The van der Waals surface area contributed by atoms with Crippen molar-refractivity contribution in [2.24, 2.45) is 0 Å². The quantitative estimate of drug-likeness (QED) is 0.661. The third-order valence-corrected chi connectivity index (χ3v) is 7.24. The molecule has 1 aliphatic heterocycles. The van der Waals surface area contributed by atoms with Gasteiger partial charge in [0.1, 0.15) is 0 Å². The topological polar surface area (TPSA) is 88.0 Å². The summed E-state index contributed by atoms with van der Waals surface area (Å²) < 4.78 is 23.6. The van der Waals surface area contributed by atoms with E-state index in [0.717, 1.165) is 34.6 Å². The average molecular weight is 409 g/mol. The van der Waals surface area contributed by atoms with Gasteiger partial charge in [0.2, 0.25) is 0 Å². The smallest absolute Gasteiger partial charge is 0.279 e. The average Bonchev–Trinajstić information content (AvgIpc) is 3.34. The predicted molar refractivity (Wildman–Crippen MR) is 108 cm³/mol. The molecule has 7 nitrogen and oxygen atoms in total. The summed E-state index contributed by atoms with van der Waals surface area (Å²) in [5.74, 6) is 0.0437. The van der Waals surface area contributed by atoms with Crippen molar-refractivity contribution < 1.29 is 22.9 Å². The van der Waals surface area contributed by atoms with Gasteiger partial charge in [-0.15, -0.1) is 0 Å². The fourth-order valence-corrected chi connectivity index (χ4v) is 5.65. The lowest BCUT2D eigenvalue weighted by molar-refractivity contribution is -0.862. The van der Waals surface area contributed by atoms with Gasteiger partial charge in [-0.1, -0.05) is 18.2 Å². The summed E-state index contributed by atoms with van der Waals surface area (Å²) in [7, 11) is -1.22. The molecule has 0 bridgehead atoms. The first-order valence-electron chi connectivity index (χ1n) is 9.85. The summed E-state index contributed by atoms with van der Waals surface area (Å²) in [6, 6.07) is 5.81. The Morgan fingerprint density at radius 2 is 1.75 bits per heavy atom. The Kier molecular flexibility index (Phi) is 6.09. The number of benzene rings is 1. The number of carbonyl (C=O) groups excluding carboxylic acids is 2. The van der Waals surface area contributed by atoms with Crippen molar-refractivity contribution in [2.75, 3.05) is 37.0 Å². The molecule has 0 spiro atoms. The molecule has 1 saturated heterocycles. The molecule has 0 aromatic heterocycles. The number of carbonyl (C=O) groups is 2. The zero-order chi connectivity index (χ0) is 20.5. The fraction of sp³-hybridized carbons (Fsp3) is 0.600. The largest absolute Gasteiger partial charge is 0.331 e. The van der Waals surface area contributed by atoms with Crippen molar-refractivity contribution in [3.8, 4) is 0 Å². The number of rotatable bonds is 7. The molecular weight excluding hydrogens is 378 g/mol. The van der Waals surface area contributed by atoms with Crippen molar-refractivity contribution in [3.05, 3.63) is 29.3 Å². The lowest BCUT2D eigenvalue weighted by atomic mass is 10.1. The maximum Gasteiger partial charge on any atom is 0.279 e. The Morgan fingerprint density at radius 1 is 1.11 bits per heavy atom. The van der Waals surface area contributed by atoms with Crippen molar-refractivity contribution in [1.82, 2.24) is 4.90 Å². The van der Waals surface area contributed by atoms with Crippen LogP contribution in [0.3, 0.4) is 0 Å². The van der Waals surface area contributed by atoms with E-state index in [0.29, 0.717) is 6.42 Å². The van der Waals surface area contributed by atoms with Crippen LogP contribution in [-0.4, -0.2) is 68.9 Å². The molecule has 2 aliphatic rings. The maximum atomic E-state index is 12.9. The summed E-state index contributed by atoms with van der Waals surface area (Å²) >= 11 is 0. The Bertz CT molecular complexity index is 844. The highest BCUT2D eigenvalue weighted by molar-refractivity contribution is 7.91. The van der Waals surface area contributed by atoms with Gasteiger partial charge in [-0.05, 0) is 44.2 Å². The summed E-state index contributed by atoms with van der Waals surface area (Å²) in [4.78, 5) is 27.9. The van der Waals surface area contributed by atoms with Gasteiger partial charge < -0.3 is 15.1 Å². The number of sulfone groups is 1. The zero-order valence-electron chi connectivity index (χ0n) is 16.8. The van der Waals surface area contributed by atoms with Crippen LogP contribution in [0.25, 0.3) is 0 Å². The minimum atomic E-state index is -3.03. The summed E-state index contributed by atoms with van der Waals surface area (Å²) in [6.07, 6.45) is 2.40. The molecule has 2 atom stereocenters. The molecule has 1 heterocycles. The first kappa shape index (κ1) is 20.8. The highest BCUT2D eigenvalue weighted by Crippen LogP contribution is 2.32. The van der Waals surface area contributed by atoms with Crippen LogP contribution in [0.5, 0.6) is 0 Å². The zero-order valence-corrected chi connectivity index (χ0v) is 17.6. The number of hydrogen-bond acceptors (Lipinski definition) is 4. The van der Waals surface area contributed by atoms with Crippen LogP contribution in [0.4, 0.5) is 5.69 Å². The number of aryl methyl sites for hydroxylation is 2. The summed E-state index contributed by atoms with van der Waals surface area (Å²) in [6.45, 7) is 4.27. The van der Waals surface area contributed by atoms with Gasteiger partial charge in [-0.2, -0.15) is 0 Å². The fourth-order valence-electron chi connectivity index (χ4n) is 3.93. The molecule has 1 aliphatic carbocycles. The highest BCUT2D eigenvalue weighted by atomic mass is 32.2. The lowest BCUT2D eigenvalue weighted by Crippen LogP contribution is -3.11. The molecule has 28 heavy (non-hydrogen) atoms. The molecule has 3 rings (SSSR count). The minimum Gasteiger partial charge on any atom is -0.331 e. The molecule has 1 unspecified atom stereocenters. The highest BCUT2D eigenvalue weighted by Gasteiger charge is 2.42. The molecule has 154 valence electrons. The number of amides is 2. The Hall–Kier alpha value is -1.93. The Balaban J connectivity index is 1.56. The molecule has 8 heteroatoms. The van der Waals surface area contributed by atoms with E-state index in [2.05, 4.69) is 5.32 Å². The normalized spacial score (nSPS) is 21.9. The van der Waals surface area contributed by atoms with E-state index in [1.807, 2.05) is 39.1 Å². The van der Waals surface area contributed by atoms with Crippen LogP contribution >= 0.6 is 0 Å². The number of nitrogens with one attached hydrogen (secondary N) is 2. The molecule has 0 radical (unpaired) electrons. The van der Waals surface area contributed by atoms with Gasteiger partial charge in [0.15, 0.2) is 22.9 Å². The molecular formula is C20H30N3O4S+. The molecule has 1 saturated carbocycles. The third-order valence-electron chi connectivity index (χ3n) is 5.49. The number of para-hydroxylation sites is 1. The van der Waals surface area contributed by atoms with Gasteiger partial charge in [-0.25, -0.2) is 8.42 Å². The van der Waals surface area contributed by atoms with E-state index in [9.17, 15) is 18.0 Å². The van der Waals surface area contributed by atoms with Crippen molar-refractivity contribution in [2.45, 2.75) is 45.2 Å². The Morgan fingerprint density at radius 3 is 2.29 bits per heavy atom. The van der Waals surface area contributed by atoms with Crippen LogP contribution in [0.2, 0.25) is 0 Å². The number of quaternary nitrogens is 1. The van der Waals surface area contributed by atoms with E-state index in [1.165, 1.54) is 0 Å². The molecule has 2 fully saturated rings. The molecule has 1 aromatic rings. The van der Waals surface area contributed by atoms with E-state index in [4.69, 9.17) is 0 Å². The van der Waals surface area contributed by atoms with Gasteiger partial charge in [0.25, 0.3) is 11.8 Å².